The van der Waals surface area contributed by atoms with Gasteiger partial charge in [-0.2, -0.15) is 0 Å². The second kappa shape index (κ2) is 6.85. The van der Waals surface area contributed by atoms with Crippen LogP contribution < -0.4 is 14.8 Å². The Morgan fingerprint density at radius 1 is 1.08 bits per heavy atom. The molecule has 24 heavy (non-hydrogen) atoms. The molecule has 3 rings (SSSR count). The van der Waals surface area contributed by atoms with Gasteiger partial charge in [0.2, 0.25) is 5.91 Å². The smallest absolute Gasteiger partial charge is 0.230 e. The summed E-state index contributed by atoms with van der Waals surface area (Å²) >= 11 is 3.43. The molecule has 1 aliphatic rings. The number of ether oxygens (including phenoxy) is 2. The van der Waals surface area contributed by atoms with Crippen LogP contribution in [0.2, 0.25) is 0 Å². The maximum Gasteiger partial charge on any atom is 0.230 e. The molecule has 0 radical (unpaired) electrons. The number of rotatable bonds is 6. The van der Waals surface area contributed by atoms with Crippen LogP contribution in [-0.2, 0) is 16.8 Å². The minimum absolute atomic E-state index is 0.0756. The summed E-state index contributed by atoms with van der Waals surface area (Å²) in [5, 5.41) is 3.06. The molecule has 0 aliphatic heterocycles. The molecule has 1 amide bonds. The van der Waals surface area contributed by atoms with Gasteiger partial charge in [-0.25, -0.2) is 0 Å². The van der Waals surface area contributed by atoms with Crippen molar-refractivity contribution in [3.05, 3.63) is 58.1 Å². The molecule has 5 heteroatoms. The van der Waals surface area contributed by atoms with E-state index >= 15 is 0 Å². The maximum absolute atomic E-state index is 12.7. The predicted octanol–water partition coefficient (Wildman–Crippen LogP) is 3.81. The number of nitrogens with one attached hydrogen (secondary N) is 1. The number of hydrogen-bond acceptors (Lipinski definition) is 3. The Balaban J connectivity index is 1.71. The van der Waals surface area contributed by atoms with Crippen molar-refractivity contribution >= 4 is 21.8 Å². The SMILES string of the molecule is COc1cc(CNC(=O)C2(c3ccc(Br)cc3)CC2)cc(OC)c1. The Hall–Kier alpha value is -2.01. The third kappa shape index (κ3) is 3.41. The van der Waals surface area contributed by atoms with Gasteiger partial charge in [0.05, 0.1) is 19.6 Å². The lowest BCUT2D eigenvalue weighted by molar-refractivity contribution is -0.123. The molecule has 0 saturated heterocycles. The van der Waals surface area contributed by atoms with Gasteiger partial charge in [-0.15, -0.1) is 0 Å². The first kappa shape index (κ1) is 16.8. The van der Waals surface area contributed by atoms with Crippen LogP contribution in [0.3, 0.4) is 0 Å². The van der Waals surface area contributed by atoms with Gasteiger partial charge in [-0.1, -0.05) is 28.1 Å². The monoisotopic (exact) mass is 389 g/mol. The number of benzene rings is 2. The van der Waals surface area contributed by atoms with E-state index in [1.165, 1.54) is 0 Å². The van der Waals surface area contributed by atoms with Crippen LogP contribution in [0.1, 0.15) is 24.0 Å². The van der Waals surface area contributed by atoms with E-state index < -0.39 is 0 Å². The molecular weight excluding hydrogens is 370 g/mol. The van der Waals surface area contributed by atoms with Crippen molar-refractivity contribution in [2.45, 2.75) is 24.8 Å². The molecule has 0 heterocycles. The maximum atomic E-state index is 12.7. The molecule has 2 aromatic rings. The summed E-state index contributed by atoms with van der Waals surface area (Å²) in [6.45, 7) is 0.449. The second-order valence-corrected chi connectivity index (χ2v) is 6.91. The minimum Gasteiger partial charge on any atom is -0.497 e. The van der Waals surface area contributed by atoms with Gasteiger partial charge < -0.3 is 14.8 Å². The normalized spacial score (nSPS) is 14.8. The third-order valence-electron chi connectivity index (χ3n) is 4.45. The van der Waals surface area contributed by atoms with Gasteiger partial charge >= 0.3 is 0 Å². The van der Waals surface area contributed by atoms with Gasteiger partial charge in [-0.3, -0.25) is 4.79 Å². The van der Waals surface area contributed by atoms with Gasteiger partial charge in [-0.05, 0) is 48.2 Å². The van der Waals surface area contributed by atoms with Crippen molar-refractivity contribution in [3.8, 4) is 11.5 Å². The molecule has 2 aromatic carbocycles. The second-order valence-electron chi connectivity index (χ2n) is 5.99. The fourth-order valence-corrected chi connectivity index (χ4v) is 3.13. The molecule has 1 saturated carbocycles. The van der Waals surface area contributed by atoms with E-state index in [1.54, 1.807) is 14.2 Å². The van der Waals surface area contributed by atoms with E-state index in [4.69, 9.17) is 9.47 Å². The van der Waals surface area contributed by atoms with Crippen molar-refractivity contribution in [2.24, 2.45) is 0 Å². The average Bonchev–Trinajstić information content (AvgIpc) is 3.41. The van der Waals surface area contributed by atoms with Crippen molar-refractivity contribution in [1.82, 2.24) is 5.32 Å². The van der Waals surface area contributed by atoms with E-state index in [1.807, 2.05) is 42.5 Å². The molecule has 1 aliphatic carbocycles. The molecule has 0 aromatic heterocycles. The zero-order valence-corrected chi connectivity index (χ0v) is 15.4. The summed E-state index contributed by atoms with van der Waals surface area (Å²) in [5.41, 5.74) is 1.65. The van der Waals surface area contributed by atoms with Crippen LogP contribution in [0, 0.1) is 0 Å². The van der Waals surface area contributed by atoms with Gasteiger partial charge in [0.15, 0.2) is 0 Å². The predicted molar refractivity (Wildman–Crippen MR) is 96.4 cm³/mol. The number of halogens is 1. The lowest BCUT2D eigenvalue weighted by atomic mass is 9.95. The summed E-state index contributed by atoms with van der Waals surface area (Å²) in [6.07, 6.45) is 1.78. The van der Waals surface area contributed by atoms with Crippen LogP contribution in [0.15, 0.2) is 46.9 Å². The quantitative estimate of drug-likeness (QED) is 0.816. The van der Waals surface area contributed by atoms with Crippen LogP contribution in [0.5, 0.6) is 11.5 Å². The van der Waals surface area contributed by atoms with E-state index in [-0.39, 0.29) is 11.3 Å². The first-order valence-electron chi connectivity index (χ1n) is 7.84. The standard InChI is InChI=1S/C19H20BrNO3/c1-23-16-9-13(10-17(11-16)24-2)12-21-18(22)19(7-8-19)14-3-5-15(20)6-4-14/h3-6,9-11H,7-8,12H2,1-2H3,(H,21,22). The van der Waals surface area contributed by atoms with Crippen LogP contribution in [0.4, 0.5) is 0 Å². The average molecular weight is 390 g/mol. The van der Waals surface area contributed by atoms with Gasteiger partial charge in [0.25, 0.3) is 0 Å². The Bertz CT molecular complexity index is 717. The van der Waals surface area contributed by atoms with Gasteiger partial charge in [0, 0.05) is 17.1 Å². The van der Waals surface area contributed by atoms with Crippen LogP contribution in [0.25, 0.3) is 0 Å². The Morgan fingerprint density at radius 3 is 2.17 bits per heavy atom. The molecule has 0 atom stereocenters. The number of carbonyl (C=O) groups excluding carboxylic acids is 1. The summed E-state index contributed by atoms with van der Waals surface area (Å²) in [7, 11) is 3.23. The fourth-order valence-electron chi connectivity index (χ4n) is 2.86. The minimum atomic E-state index is -0.371. The van der Waals surface area contributed by atoms with Gasteiger partial charge in [0.1, 0.15) is 11.5 Å². The lowest BCUT2D eigenvalue weighted by Crippen LogP contribution is -2.34. The summed E-state index contributed by atoms with van der Waals surface area (Å²) in [5.74, 6) is 1.51. The zero-order chi connectivity index (χ0) is 17.2. The van der Waals surface area contributed by atoms with Crippen molar-refractivity contribution in [1.29, 1.82) is 0 Å². The zero-order valence-electron chi connectivity index (χ0n) is 13.8. The fraction of sp³-hybridized carbons (Fsp3) is 0.316. The first-order valence-corrected chi connectivity index (χ1v) is 8.63. The molecule has 4 nitrogen and oxygen atoms in total. The Kier molecular flexibility index (Phi) is 4.81. The van der Waals surface area contributed by atoms with E-state index in [0.29, 0.717) is 18.0 Å². The van der Waals surface area contributed by atoms with Crippen molar-refractivity contribution in [3.63, 3.8) is 0 Å². The van der Waals surface area contributed by atoms with Crippen molar-refractivity contribution in [2.75, 3.05) is 14.2 Å². The highest BCUT2D eigenvalue weighted by molar-refractivity contribution is 9.10. The largest absolute Gasteiger partial charge is 0.497 e. The van der Waals surface area contributed by atoms with Crippen LogP contribution in [-0.4, -0.2) is 20.1 Å². The summed E-state index contributed by atoms with van der Waals surface area (Å²) < 4.78 is 11.6. The van der Waals surface area contributed by atoms with Crippen molar-refractivity contribution < 1.29 is 14.3 Å². The molecule has 1 fully saturated rings. The molecule has 126 valence electrons. The highest BCUT2D eigenvalue weighted by Gasteiger charge is 2.50. The molecule has 1 N–H and O–H groups in total. The highest BCUT2D eigenvalue weighted by Crippen LogP contribution is 2.48. The third-order valence-corrected chi connectivity index (χ3v) is 4.97. The number of amides is 1. The molecule has 0 spiro atoms. The summed E-state index contributed by atoms with van der Waals surface area (Å²) in [4.78, 5) is 12.7. The molecule has 0 unspecified atom stereocenters. The molecular formula is C19H20BrNO3. The highest BCUT2D eigenvalue weighted by atomic mass is 79.9. The topological polar surface area (TPSA) is 47.6 Å². The van der Waals surface area contributed by atoms with E-state index in [2.05, 4.69) is 21.2 Å². The molecule has 0 bridgehead atoms. The van der Waals surface area contributed by atoms with Crippen LogP contribution >= 0.6 is 15.9 Å². The van der Waals surface area contributed by atoms with E-state index in [0.717, 1.165) is 28.4 Å². The number of hydrogen-bond donors (Lipinski definition) is 1. The Labute approximate surface area is 150 Å². The van der Waals surface area contributed by atoms with E-state index in [9.17, 15) is 4.79 Å². The number of carbonyl (C=O) groups is 1. The first-order chi connectivity index (χ1) is 11.6. The summed E-state index contributed by atoms with van der Waals surface area (Å²) in [6, 6.07) is 13.6. The number of methoxy groups -OCH3 is 2. The Morgan fingerprint density at radius 2 is 1.67 bits per heavy atom. The lowest BCUT2D eigenvalue weighted by Gasteiger charge is -2.16.